The number of carboxylic acids is 1. The predicted octanol–water partition coefficient (Wildman–Crippen LogP) is 0.0522. The molecule has 1 aliphatic rings. The zero-order valence-electron chi connectivity index (χ0n) is 9.65. The van der Waals surface area contributed by atoms with Crippen molar-refractivity contribution in [2.45, 2.75) is 12.6 Å². The van der Waals surface area contributed by atoms with Gasteiger partial charge in [-0.25, -0.2) is 14.6 Å². The molecule has 18 heavy (non-hydrogen) atoms. The summed E-state index contributed by atoms with van der Waals surface area (Å²) < 4.78 is 1.84. The molecule has 8 heteroatoms. The summed E-state index contributed by atoms with van der Waals surface area (Å²) in [5.41, 5.74) is 0. The number of imidazole rings is 1. The Morgan fingerprint density at radius 3 is 3.06 bits per heavy atom. The summed E-state index contributed by atoms with van der Waals surface area (Å²) in [6.07, 6.45) is 5.13. The van der Waals surface area contributed by atoms with Crippen molar-refractivity contribution in [2.75, 3.05) is 18.2 Å². The third kappa shape index (κ3) is 2.95. The van der Waals surface area contributed by atoms with Crippen LogP contribution in [0.2, 0.25) is 0 Å². The minimum Gasteiger partial charge on any atom is -0.480 e. The summed E-state index contributed by atoms with van der Waals surface area (Å²) in [4.78, 5) is 28.0. The van der Waals surface area contributed by atoms with Gasteiger partial charge in [0.2, 0.25) is 0 Å². The van der Waals surface area contributed by atoms with Crippen LogP contribution in [0, 0.1) is 0 Å². The van der Waals surface area contributed by atoms with E-state index in [1.54, 1.807) is 18.7 Å². The highest BCUT2D eigenvalue weighted by molar-refractivity contribution is 7.99. The maximum absolute atomic E-state index is 11.8. The van der Waals surface area contributed by atoms with Crippen LogP contribution in [0.3, 0.4) is 0 Å². The smallest absolute Gasteiger partial charge is 0.327 e. The van der Waals surface area contributed by atoms with Crippen molar-refractivity contribution in [1.82, 2.24) is 19.8 Å². The van der Waals surface area contributed by atoms with Crippen LogP contribution in [0.5, 0.6) is 0 Å². The highest BCUT2D eigenvalue weighted by Crippen LogP contribution is 2.20. The second-order valence-electron chi connectivity index (χ2n) is 3.86. The third-order valence-electron chi connectivity index (χ3n) is 2.63. The zero-order valence-corrected chi connectivity index (χ0v) is 10.5. The number of hydrogen-bond acceptors (Lipinski definition) is 4. The highest BCUT2D eigenvalue weighted by Gasteiger charge is 2.34. The molecule has 1 unspecified atom stereocenters. The number of hydrogen-bond donors (Lipinski definition) is 2. The number of aliphatic carboxylic acids is 1. The Kier molecular flexibility index (Phi) is 4.08. The van der Waals surface area contributed by atoms with Crippen LogP contribution in [0.15, 0.2) is 18.7 Å². The summed E-state index contributed by atoms with van der Waals surface area (Å²) in [5, 5.41) is 11.7. The van der Waals surface area contributed by atoms with Gasteiger partial charge >= 0.3 is 12.0 Å². The van der Waals surface area contributed by atoms with Crippen LogP contribution in [0.25, 0.3) is 0 Å². The molecule has 1 saturated heterocycles. The number of thioether (sulfide) groups is 1. The normalized spacial score (nSPS) is 18.9. The molecule has 1 atom stereocenters. The van der Waals surface area contributed by atoms with Crippen LogP contribution in [-0.2, 0) is 11.3 Å². The molecule has 2 rings (SSSR count). The predicted molar refractivity (Wildman–Crippen MR) is 66.2 cm³/mol. The van der Waals surface area contributed by atoms with Gasteiger partial charge in [-0.2, -0.15) is 0 Å². The summed E-state index contributed by atoms with van der Waals surface area (Å²) in [5.74, 6) is -0.0808. The number of amides is 2. The average molecular weight is 270 g/mol. The number of nitrogens with one attached hydrogen (secondary N) is 1. The fourth-order valence-corrected chi connectivity index (χ4v) is 2.80. The van der Waals surface area contributed by atoms with E-state index < -0.39 is 12.0 Å². The van der Waals surface area contributed by atoms with Gasteiger partial charge in [-0.1, -0.05) is 0 Å². The molecule has 2 N–H and O–H groups in total. The van der Waals surface area contributed by atoms with Gasteiger partial charge in [0.05, 0.1) is 12.2 Å². The molecule has 1 aromatic rings. The van der Waals surface area contributed by atoms with Gasteiger partial charge in [-0.3, -0.25) is 0 Å². The monoisotopic (exact) mass is 270 g/mol. The lowest BCUT2D eigenvalue weighted by molar-refractivity contribution is -0.140. The Hall–Kier alpha value is -1.70. The Balaban J connectivity index is 1.79. The summed E-state index contributed by atoms with van der Waals surface area (Å²) in [6.45, 7) is 1.06. The zero-order chi connectivity index (χ0) is 13.0. The molecule has 1 aliphatic heterocycles. The largest absolute Gasteiger partial charge is 0.480 e. The first kappa shape index (κ1) is 12.7. The minimum atomic E-state index is -0.954. The molecular weight excluding hydrogens is 256 g/mol. The standard InChI is InChI=1S/C10H14N4O3S/c15-9(16)8-5-18-7-14(8)10(17)12-2-4-13-3-1-11-6-13/h1,3,6,8H,2,4-5,7H2,(H,12,17)(H,15,16). The Morgan fingerprint density at radius 2 is 2.39 bits per heavy atom. The van der Waals surface area contributed by atoms with E-state index in [-0.39, 0.29) is 6.03 Å². The molecule has 2 heterocycles. The van der Waals surface area contributed by atoms with E-state index in [0.717, 1.165) is 0 Å². The fourth-order valence-electron chi connectivity index (χ4n) is 1.66. The van der Waals surface area contributed by atoms with Gasteiger partial charge in [0.25, 0.3) is 0 Å². The maximum atomic E-state index is 11.8. The minimum absolute atomic E-state index is 0.326. The molecule has 0 bridgehead atoms. The molecule has 0 spiro atoms. The van der Waals surface area contributed by atoms with E-state index in [1.165, 1.54) is 16.7 Å². The van der Waals surface area contributed by atoms with E-state index in [1.807, 2.05) is 4.57 Å². The van der Waals surface area contributed by atoms with E-state index >= 15 is 0 Å². The first-order valence-corrected chi connectivity index (χ1v) is 6.64. The molecule has 7 nitrogen and oxygen atoms in total. The van der Waals surface area contributed by atoms with Gasteiger partial charge < -0.3 is 19.9 Å². The Labute approximate surface area is 108 Å². The van der Waals surface area contributed by atoms with E-state index in [0.29, 0.717) is 24.7 Å². The Bertz CT molecular complexity index is 423. The van der Waals surface area contributed by atoms with Crippen molar-refractivity contribution in [2.24, 2.45) is 0 Å². The number of carbonyl (C=O) groups excluding carboxylic acids is 1. The van der Waals surface area contributed by atoms with Crippen molar-refractivity contribution in [3.63, 3.8) is 0 Å². The molecular formula is C10H14N4O3S. The van der Waals surface area contributed by atoms with Crippen molar-refractivity contribution in [3.05, 3.63) is 18.7 Å². The quantitative estimate of drug-likeness (QED) is 0.807. The second kappa shape index (κ2) is 5.76. The summed E-state index contributed by atoms with van der Waals surface area (Å²) in [7, 11) is 0. The van der Waals surface area contributed by atoms with E-state index in [4.69, 9.17) is 5.11 Å². The lowest BCUT2D eigenvalue weighted by Gasteiger charge is -2.20. The second-order valence-corrected chi connectivity index (χ2v) is 4.86. The maximum Gasteiger partial charge on any atom is 0.327 e. The fraction of sp³-hybridized carbons (Fsp3) is 0.500. The van der Waals surface area contributed by atoms with Gasteiger partial charge in [-0.15, -0.1) is 11.8 Å². The van der Waals surface area contributed by atoms with Crippen molar-refractivity contribution in [1.29, 1.82) is 0 Å². The first-order valence-electron chi connectivity index (χ1n) is 5.49. The SMILES string of the molecule is O=C(O)C1CSCN1C(=O)NCCn1ccnc1. The van der Waals surface area contributed by atoms with Crippen LogP contribution in [0.1, 0.15) is 0 Å². The Morgan fingerprint density at radius 1 is 1.56 bits per heavy atom. The molecule has 1 aromatic heterocycles. The number of rotatable bonds is 4. The van der Waals surface area contributed by atoms with Crippen molar-refractivity contribution in [3.8, 4) is 0 Å². The topological polar surface area (TPSA) is 87.5 Å². The molecule has 0 aromatic carbocycles. The van der Waals surface area contributed by atoms with Gasteiger partial charge in [0.1, 0.15) is 6.04 Å². The van der Waals surface area contributed by atoms with Gasteiger partial charge in [0.15, 0.2) is 0 Å². The van der Waals surface area contributed by atoms with E-state index in [2.05, 4.69) is 10.3 Å². The molecule has 1 fully saturated rings. The van der Waals surface area contributed by atoms with Crippen LogP contribution >= 0.6 is 11.8 Å². The number of urea groups is 1. The molecule has 0 radical (unpaired) electrons. The number of carbonyl (C=O) groups is 2. The lowest BCUT2D eigenvalue weighted by atomic mass is 10.3. The summed E-state index contributed by atoms with van der Waals surface area (Å²) in [6, 6.07) is -1.05. The molecule has 0 saturated carbocycles. The summed E-state index contributed by atoms with van der Waals surface area (Å²) >= 11 is 1.45. The number of aromatic nitrogens is 2. The van der Waals surface area contributed by atoms with E-state index in [9.17, 15) is 9.59 Å². The molecule has 0 aliphatic carbocycles. The molecule has 98 valence electrons. The highest BCUT2D eigenvalue weighted by atomic mass is 32.2. The third-order valence-corrected chi connectivity index (χ3v) is 3.65. The average Bonchev–Trinajstić information content (AvgIpc) is 2.99. The van der Waals surface area contributed by atoms with Crippen molar-refractivity contribution < 1.29 is 14.7 Å². The number of nitrogens with zero attached hydrogens (tertiary/aromatic N) is 3. The van der Waals surface area contributed by atoms with Crippen LogP contribution in [-0.4, -0.2) is 55.8 Å². The van der Waals surface area contributed by atoms with Crippen LogP contribution in [0.4, 0.5) is 4.79 Å². The number of carboxylic acid groups (broad SMARTS) is 1. The van der Waals surface area contributed by atoms with Gasteiger partial charge in [0, 0.05) is 31.2 Å². The first-order chi connectivity index (χ1) is 8.68. The molecule has 2 amide bonds. The van der Waals surface area contributed by atoms with Crippen LogP contribution < -0.4 is 5.32 Å². The van der Waals surface area contributed by atoms with Gasteiger partial charge in [-0.05, 0) is 0 Å². The van der Waals surface area contributed by atoms with Crippen molar-refractivity contribution >= 4 is 23.8 Å². The lowest BCUT2D eigenvalue weighted by Crippen LogP contribution is -2.47.